The maximum absolute atomic E-state index is 12.6. The summed E-state index contributed by atoms with van der Waals surface area (Å²) in [5.41, 5.74) is 7.10. The highest BCUT2D eigenvalue weighted by Crippen LogP contribution is 2.43. The van der Waals surface area contributed by atoms with E-state index in [1.54, 1.807) is 6.07 Å². The molecular formula is C14H18BrNO. The number of carbonyl (C=O) groups is 1. The number of ketones is 1. The second kappa shape index (κ2) is 4.81. The maximum Gasteiger partial charge on any atom is 0.169 e. The molecule has 0 saturated heterocycles. The zero-order valence-electron chi connectivity index (χ0n) is 10.1. The van der Waals surface area contributed by atoms with Gasteiger partial charge in [-0.3, -0.25) is 4.79 Å². The predicted molar refractivity (Wildman–Crippen MR) is 74.1 cm³/mol. The molecule has 0 bridgehead atoms. The zero-order valence-corrected chi connectivity index (χ0v) is 11.7. The molecule has 0 aromatic heterocycles. The molecule has 0 spiro atoms. The molecule has 0 atom stereocenters. The van der Waals surface area contributed by atoms with E-state index >= 15 is 0 Å². The van der Waals surface area contributed by atoms with E-state index in [-0.39, 0.29) is 5.41 Å². The van der Waals surface area contributed by atoms with Gasteiger partial charge in [0.05, 0.1) is 0 Å². The molecular weight excluding hydrogens is 278 g/mol. The Balaban J connectivity index is 2.32. The molecule has 1 fully saturated rings. The van der Waals surface area contributed by atoms with E-state index in [2.05, 4.69) is 22.9 Å². The van der Waals surface area contributed by atoms with Gasteiger partial charge < -0.3 is 5.73 Å². The first-order valence-electron chi connectivity index (χ1n) is 6.19. The van der Waals surface area contributed by atoms with Crippen LogP contribution in [-0.2, 0) is 0 Å². The van der Waals surface area contributed by atoms with E-state index < -0.39 is 0 Å². The molecule has 1 aromatic carbocycles. The van der Waals surface area contributed by atoms with Gasteiger partial charge in [0.1, 0.15) is 0 Å². The van der Waals surface area contributed by atoms with Crippen LogP contribution in [0.5, 0.6) is 0 Å². The Hall–Kier alpha value is -0.830. The van der Waals surface area contributed by atoms with Crippen molar-refractivity contribution in [2.75, 3.05) is 5.73 Å². The Morgan fingerprint density at radius 2 is 2.06 bits per heavy atom. The first-order valence-corrected chi connectivity index (χ1v) is 6.98. The second-order valence-corrected chi connectivity index (χ2v) is 5.76. The number of carbonyl (C=O) groups excluding carboxylic acids is 1. The summed E-state index contributed by atoms with van der Waals surface area (Å²) in [4.78, 5) is 12.6. The Morgan fingerprint density at radius 3 is 2.59 bits per heavy atom. The number of rotatable bonds is 3. The predicted octanol–water partition coefficient (Wildman–Crippen LogP) is 4.18. The van der Waals surface area contributed by atoms with Crippen molar-refractivity contribution in [2.45, 2.75) is 39.0 Å². The highest BCUT2D eigenvalue weighted by Gasteiger charge is 2.39. The Kier molecular flexibility index (Phi) is 3.57. The Bertz CT molecular complexity index is 436. The van der Waals surface area contributed by atoms with Crippen LogP contribution in [0.3, 0.4) is 0 Å². The van der Waals surface area contributed by atoms with E-state index in [0.717, 1.165) is 29.3 Å². The number of benzene rings is 1. The first kappa shape index (κ1) is 12.6. The van der Waals surface area contributed by atoms with Gasteiger partial charge in [-0.25, -0.2) is 0 Å². The average Bonchev–Trinajstić information content (AvgIpc) is 2.81. The molecule has 0 heterocycles. The number of hydrogen-bond acceptors (Lipinski definition) is 2. The molecule has 2 rings (SSSR count). The topological polar surface area (TPSA) is 43.1 Å². The molecule has 1 aliphatic rings. The number of hydrogen-bond donors (Lipinski definition) is 1. The van der Waals surface area contributed by atoms with Gasteiger partial charge in [0.25, 0.3) is 0 Å². The number of nitrogens with two attached hydrogens (primary N) is 1. The van der Waals surface area contributed by atoms with Gasteiger partial charge in [0.2, 0.25) is 0 Å². The summed E-state index contributed by atoms with van der Waals surface area (Å²) < 4.78 is 0.813. The first-order chi connectivity index (χ1) is 8.09. The van der Waals surface area contributed by atoms with Crippen LogP contribution in [0.2, 0.25) is 0 Å². The molecule has 2 N–H and O–H groups in total. The average molecular weight is 296 g/mol. The van der Waals surface area contributed by atoms with Crippen LogP contribution in [0.25, 0.3) is 0 Å². The van der Waals surface area contributed by atoms with Crippen molar-refractivity contribution in [1.82, 2.24) is 0 Å². The van der Waals surface area contributed by atoms with Gasteiger partial charge >= 0.3 is 0 Å². The summed E-state index contributed by atoms with van der Waals surface area (Å²) in [6.07, 6.45) is 5.36. The Morgan fingerprint density at radius 1 is 1.41 bits per heavy atom. The molecule has 0 aliphatic heterocycles. The fraction of sp³-hybridized carbons (Fsp3) is 0.500. The molecule has 1 aliphatic carbocycles. The standard InChI is InChI=1S/C14H18BrNO/c1-2-14(7-3-4-8-14)13(17)10-5-6-12(16)11(15)9-10/h5-6,9H,2-4,7-8,16H2,1H3. The molecule has 0 unspecified atom stereocenters. The van der Waals surface area contributed by atoms with Gasteiger partial charge in [-0.05, 0) is 53.4 Å². The van der Waals surface area contributed by atoms with E-state index in [0.29, 0.717) is 11.5 Å². The number of anilines is 1. The van der Waals surface area contributed by atoms with Gasteiger partial charge in [-0.2, -0.15) is 0 Å². The minimum atomic E-state index is -0.116. The van der Waals surface area contributed by atoms with Gasteiger partial charge in [0.15, 0.2) is 5.78 Å². The van der Waals surface area contributed by atoms with Crippen LogP contribution >= 0.6 is 15.9 Å². The molecule has 17 heavy (non-hydrogen) atoms. The van der Waals surface area contributed by atoms with E-state index in [1.807, 2.05) is 12.1 Å². The minimum Gasteiger partial charge on any atom is -0.398 e. The molecule has 2 nitrogen and oxygen atoms in total. The highest BCUT2D eigenvalue weighted by atomic mass is 79.9. The summed E-state index contributed by atoms with van der Waals surface area (Å²) in [5.74, 6) is 0.290. The normalized spacial score (nSPS) is 18.2. The number of halogens is 1. The van der Waals surface area contributed by atoms with Crippen molar-refractivity contribution < 1.29 is 4.79 Å². The van der Waals surface area contributed by atoms with Crippen LogP contribution in [0.1, 0.15) is 49.4 Å². The van der Waals surface area contributed by atoms with Crippen LogP contribution in [0.4, 0.5) is 5.69 Å². The lowest BCUT2D eigenvalue weighted by Gasteiger charge is -2.25. The summed E-state index contributed by atoms with van der Waals surface area (Å²) in [5, 5.41) is 0. The molecule has 3 heteroatoms. The molecule has 0 amide bonds. The summed E-state index contributed by atoms with van der Waals surface area (Å²) in [7, 11) is 0. The van der Waals surface area contributed by atoms with Crippen LogP contribution in [-0.4, -0.2) is 5.78 Å². The van der Waals surface area contributed by atoms with Crippen LogP contribution in [0, 0.1) is 5.41 Å². The Labute approximate surface area is 111 Å². The third-order valence-corrected chi connectivity index (χ3v) is 4.67. The van der Waals surface area contributed by atoms with Crippen molar-refractivity contribution in [3.05, 3.63) is 28.2 Å². The fourth-order valence-corrected chi connectivity index (χ4v) is 3.15. The summed E-state index contributed by atoms with van der Waals surface area (Å²) in [6, 6.07) is 5.50. The molecule has 92 valence electrons. The molecule has 1 saturated carbocycles. The van der Waals surface area contributed by atoms with E-state index in [4.69, 9.17) is 5.73 Å². The van der Waals surface area contributed by atoms with E-state index in [9.17, 15) is 4.79 Å². The SMILES string of the molecule is CCC1(C(=O)c2ccc(N)c(Br)c2)CCCC1. The monoisotopic (exact) mass is 295 g/mol. The lowest BCUT2D eigenvalue weighted by molar-refractivity contribution is 0.0791. The van der Waals surface area contributed by atoms with Gasteiger partial charge in [-0.1, -0.05) is 19.8 Å². The summed E-state index contributed by atoms with van der Waals surface area (Å²) in [6.45, 7) is 2.12. The maximum atomic E-state index is 12.6. The molecule has 0 radical (unpaired) electrons. The minimum absolute atomic E-state index is 0.116. The quantitative estimate of drug-likeness (QED) is 0.671. The smallest absolute Gasteiger partial charge is 0.169 e. The van der Waals surface area contributed by atoms with Crippen molar-refractivity contribution >= 4 is 27.4 Å². The fourth-order valence-electron chi connectivity index (χ4n) is 2.77. The zero-order chi connectivity index (χ0) is 12.5. The van der Waals surface area contributed by atoms with Crippen LogP contribution in [0.15, 0.2) is 22.7 Å². The van der Waals surface area contributed by atoms with Gasteiger partial charge in [-0.15, -0.1) is 0 Å². The highest BCUT2D eigenvalue weighted by molar-refractivity contribution is 9.10. The number of nitrogen functional groups attached to an aromatic ring is 1. The van der Waals surface area contributed by atoms with E-state index in [1.165, 1.54) is 12.8 Å². The third-order valence-electron chi connectivity index (χ3n) is 3.98. The van der Waals surface area contributed by atoms with Crippen molar-refractivity contribution in [1.29, 1.82) is 0 Å². The summed E-state index contributed by atoms with van der Waals surface area (Å²) >= 11 is 3.39. The largest absolute Gasteiger partial charge is 0.398 e. The lowest BCUT2D eigenvalue weighted by Crippen LogP contribution is -2.27. The van der Waals surface area contributed by atoms with Crippen molar-refractivity contribution in [3.63, 3.8) is 0 Å². The lowest BCUT2D eigenvalue weighted by atomic mass is 9.76. The molecule has 1 aromatic rings. The third kappa shape index (κ3) is 2.25. The van der Waals surface area contributed by atoms with Crippen molar-refractivity contribution in [3.8, 4) is 0 Å². The van der Waals surface area contributed by atoms with Gasteiger partial charge in [0, 0.05) is 21.1 Å². The van der Waals surface area contributed by atoms with Crippen molar-refractivity contribution in [2.24, 2.45) is 5.41 Å². The number of Topliss-reactive ketones (excluding diaryl/α,β-unsaturated/α-hetero) is 1. The second-order valence-electron chi connectivity index (χ2n) is 4.91. The van der Waals surface area contributed by atoms with Crippen LogP contribution < -0.4 is 5.73 Å².